The first-order chi connectivity index (χ1) is 8.72. The molecule has 104 valence electrons. The third kappa shape index (κ3) is 4.88. The van der Waals surface area contributed by atoms with Crippen molar-refractivity contribution in [1.82, 2.24) is 10.3 Å². The van der Waals surface area contributed by atoms with Gasteiger partial charge in [-0.1, -0.05) is 6.92 Å². The summed E-state index contributed by atoms with van der Waals surface area (Å²) in [5, 5.41) is 4.78. The molecule has 1 rings (SSSR count). The highest BCUT2D eigenvalue weighted by atomic mass is 32.2. The van der Waals surface area contributed by atoms with E-state index in [0.717, 1.165) is 31.7 Å². The Morgan fingerprint density at radius 2 is 2.28 bits per heavy atom. The highest BCUT2D eigenvalue weighted by Crippen LogP contribution is 2.26. The molecule has 0 radical (unpaired) electrons. The smallest absolute Gasteiger partial charge is 0.110 e. The molecule has 1 aromatic heterocycles. The number of aryl methyl sites for hydroxylation is 2. The Hall–Kier alpha value is -0.100. The van der Waals surface area contributed by atoms with Crippen molar-refractivity contribution in [3.63, 3.8) is 0 Å². The van der Waals surface area contributed by atoms with Crippen LogP contribution >= 0.6 is 23.1 Å². The molecular weight excluding hydrogens is 264 g/mol. The van der Waals surface area contributed by atoms with Crippen LogP contribution in [0.25, 0.3) is 0 Å². The Kier molecular flexibility index (Phi) is 7.90. The van der Waals surface area contributed by atoms with E-state index in [-0.39, 0.29) is 0 Å². The summed E-state index contributed by atoms with van der Waals surface area (Å²) in [6.45, 7) is 5.97. The number of nitrogens with one attached hydrogen (secondary N) is 1. The monoisotopic (exact) mass is 288 g/mol. The lowest BCUT2D eigenvalue weighted by Crippen LogP contribution is -2.25. The molecule has 0 aliphatic heterocycles. The molecular formula is C13H24N2OS2. The van der Waals surface area contributed by atoms with Crippen LogP contribution in [0.4, 0.5) is 0 Å². The minimum Gasteiger partial charge on any atom is -0.383 e. The summed E-state index contributed by atoms with van der Waals surface area (Å²) in [4.78, 5) is 6.12. The van der Waals surface area contributed by atoms with Crippen LogP contribution < -0.4 is 5.32 Å². The molecule has 1 atom stereocenters. The van der Waals surface area contributed by atoms with Gasteiger partial charge in [-0.3, -0.25) is 0 Å². The van der Waals surface area contributed by atoms with Crippen LogP contribution in [0, 0.1) is 6.92 Å². The topological polar surface area (TPSA) is 34.2 Å². The van der Waals surface area contributed by atoms with Crippen LogP contribution in [0.3, 0.4) is 0 Å². The van der Waals surface area contributed by atoms with E-state index in [9.17, 15) is 0 Å². The number of hydrogen-bond donors (Lipinski definition) is 1. The maximum atomic E-state index is 5.10. The molecule has 0 aromatic carbocycles. The second kappa shape index (κ2) is 8.91. The lowest BCUT2D eigenvalue weighted by molar-refractivity contribution is 0.195. The SMILES string of the molecule is CCc1nc(C(CCSC)NCCOC)sc1C. The van der Waals surface area contributed by atoms with E-state index in [4.69, 9.17) is 9.72 Å². The zero-order chi connectivity index (χ0) is 13.4. The quantitative estimate of drug-likeness (QED) is 0.708. The van der Waals surface area contributed by atoms with Gasteiger partial charge in [0.15, 0.2) is 0 Å². The minimum atomic E-state index is 0.372. The minimum absolute atomic E-state index is 0.372. The van der Waals surface area contributed by atoms with Gasteiger partial charge in [-0.15, -0.1) is 11.3 Å². The number of nitrogens with zero attached hydrogens (tertiary/aromatic N) is 1. The summed E-state index contributed by atoms with van der Waals surface area (Å²) in [5.41, 5.74) is 1.25. The first-order valence-electron chi connectivity index (χ1n) is 6.40. The van der Waals surface area contributed by atoms with E-state index in [0.29, 0.717) is 6.04 Å². The molecule has 1 unspecified atom stereocenters. The van der Waals surface area contributed by atoms with Crippen LogP contribution in [0.2, 0.25) is 0 Å². The fourth-order valence-corrected chi connectivity index (χ4v) is 3.40. The molecule has 0 saturated carbocycles. The second-order valence-corrected chi connectivity index (χ2v) is 6.41. The lowest BCUT2D eigenvalue weighted by Gasteiger charge is -2.15. The molecule has 0 spiro atoms. The third-order valence-corrected chi connectivity index (χ3v) is 4.62. The van der Waals surface area contributed by atoms with Gasteiger partial charge in [0.25, 0.3) is 0 Å². The zero-order valence-corrected chi connectivity index (χ0v) is 13.4. The van der Waals surface area contributed by atoms with Crippen LogP contribution in [0.5, 0.6) is 0 Å². The lowest BCUT2D eigenvalue weighted by atomic mass is 10.2. The standard InChI is InChI=1S/C13H24N2OS2/c1-5-11-10(2)18-13(15-11)12(6-9-17-4)14-7-8-16-3/h12,14H,5-9H2,1-4H3. The van der Waals surface area contributed by atoms with E-state index in [1.54, 1.807) is 7.11 Å². The normalized spacial score (nSPS) is 12.9. The van der Waals surface area contributed by atoms with Crippen molar-refractivity contribution in [1.29, 1.82) is 0 Å². The number of ether oxygens (including phenoxy) is 1. The van der Waals surface area contributed by atoms with Crippen molar-refractivity contribution in [2.24, 2.45) is 0 Å². The molecule has 0 fully saturated rings. The van der Waals surface area contributed by atoms with E-state index >= 15 is 0 Å². The van der Waals surface area contributed by atoms with Gasteiger partial charge in [-0.2, -0.15) is 11.8 Å². The van der Waals surface area contributed by atoms with Gasteiger partial charge in [0.2, 0.25) is 0 Å². The van der Waals surface area contributed by atoms with Crippen molar-refractivity contribution in [3.05, 3.63) is 15.6 Å². The molecule has 5 heteroatoms. The molecule has 0 bridgehead atoms. The van der Waals surface area contributed by atoms with E-state index in [2.05, 4.69) is 25.4 Å². The summed E-state index contributed by atoms with van der Waals surface area (Å²) >= 11 is 3.72. The van der Waals surface area contributed by atoms with Crippen molar-refractivity contribution >= 4 is 23.1 Å². The number of thiazole rings is 1. The first kappa shape index (κ1) is 16.0. The van der Waals surface area contributed by atoms with Crippen LogP contribution in [0.1, 0.15) is 35.0 Å². The van der Waals surface area contributed by atoms with Gasteiger partial charge >= 0.3 is 0 Å². The summed E-state index contributed by atoms with van der Waals surface area (Å²) in [6.07, 6.45) is 4.30. The Morgan fingerprint density at radius 1 is 1.50 bits per heavy atom. The molecule has 0 aliphatic rings. The third-order valence-electron chi connectivity index (χ3n) is 2.85. The van der Waals surface area contributed by atoms with E-state index in [1.807, 2.05) is 23.1 Å². The van der Waals surface area contributed by atoms with Gasteiger partial charge in [0.05, 0.1) is 18.3 Å². The molecule has 0 saturated heterocycles. The average Bonchev–Trinajstić information content (AvgIpc) is 2.75. The fourth-order valence-electron chi connectivity index (χ4n) is 1.81. The van der Waals surface area contributed by atoms with E-state index < -0.39 is 0 Å². The molecule has 1 heterocycles. The summed E-state index contributed by atoms with van der Waals surface area (Å²) < 4.78 is 5.10. The molecule has 0 aliphatic carbocycles. The second-order valence-electron chi connectivity index (χ2n) is 4.19. The predicted octanol–water partition coefficient (Wildman–Crippen LogP) is 3.04. The first-order valence-corrected chi connectivity index (χ1v) is 8.61. The van der Waals surface area contributed by atoms with Gasteiger partial charge in [-0.25, -0.2) is 4.98 Å². The average molecular weight is 288 g/mol. The predicted molar refractivity (Wildman–Crippen MR) is 81.8 cm³/mol. The highest BCUT2D eigenvalue weighted by Gasteiger charge is 2.16. The maximum Gasteiger partial charge on any atom is 0.110 e. The van der Waals surface area contributed by atoms with Crippen molar-refractivity contribution in [2.75, 3.05) is 32.3 Å². The van der Waals surface area contributed by atoms with Crippen molar-refractivity contribution < 1.29 is 4.74 Å². The summed E-state index contributed by atoms with van der Waals surface area (Å²) in [7, 11) is 1.74. The molecule has 0 amide bonds. The molecule has 3 nitrogen and oxygen atoms in total. The highest BCUT2D eigenvalue weighted by molar-refractivity contribution is 7.98. The number of aromatic nitrogens is 1. The largest absolute Gasteiger partial charge is 0.383 e. The summed E-state index contributed by atoms with van der Waals surface area (Å²) in [6, 6.07) is 0.372. The zero-order valence-electron chi connectivity index (χ0n) is 11.8. The Labute approximate surface area is 119 Å². The van der Waals surface area contributed by atoms with Crippen LogP contribution in [-0.4, -0.2) is 37.3 Å². The number of rotatable bonds is 9. The summed E-state index contributed by atoms with van der Waals surface area (Å²) in [5.74, 6) is 1.16. The molecule has 1 aromatic rings. The maximum absolute atomic E-state index is 5.10. The molecule has 18 heavy (non-hydrogen) atoms. The van der Waals surface area contributed by atoms with Crippen LogP contribution in [-0.2, 0) is 11.2 Å². The van der Waals surface area contributed by atoms with Gasteiger partial charge in [-0.05, 0) is 31.8 Å². The Bertz CT molecular complexity index is 342. The Balaban J connectivity index is 2.66. The number of thioether (sulfide) groups is 1. The fraction of sp³-hybridized carbons (Fsp3) is 0.769. The molecule has 1 N–H and O–H groups in total. The van der Waals surface area contributed by atoms with Gasteiger partial charge in [0, 0.05) is 18.5 Å². The number of hydrogen-bond acceptors (Lipinski definition) is 5. The van der Waals surface area contributed by atoms with Crippen molar-refractivity contribution in [2.45, 2.75) is 32.7 Å². The number of methoxy groups -OCH3 is 1. The van der Waals surface area contributed by atoms with E-state index in [1.165, 1.54) is 15.6 Å². The Morgan fingerprint density at radius 3 is 2.83 bits per heavy atom. The van der Waals surface area contributed by atoms with Crippen LogP contribution in [0.15, 0.2) is 0 Å². The van der Waals surface area contributed by atoms with Crippen molar-refractivity contribution in [3.8, 4) is 0 Å². The van der Waals surface area contributed by atoms with Gasteiger partial charge < -0.3 is 10.1 Å². The van der Waals surface area contributed by atoms with Gasteiger partial charge in [0.1, 0.15) is 5.01 Å².